The quantitative estimate of drug-likeness (QED) is 0.252. The molecule has 0 atom stereocenters. The minimum absolute atomic E-state index is 1.18. The fourth-order valence-electron chi connectivity index (χ4n) is 0.615. The van der Waals surface area contributed by atoms with Gasteiger partial charge in [0, 0.05) is 11.6 Å². The lowest BCUT2D eigenvalue weighted by Crippen LogP contribution is -2.43. The van der Waals surface area contributed by atoms with Crippen LogP contribution in [0.25, 0.3) is 0 Å². The minimum atomic E-state index is -1.75. The number of nitrogen functional groups attached to an aromatic ring is 1. The molecule has 1 aromatic heterocycles. The molecule has 0 aliphatic rings. The minimum Gasteiger partial charge on any atom is -0.356 e. The highest BCUT2D eigenvalue weighted by atomic mass is 16.9. The number of hydrogen-bond donors (Lipinski definition) is 1. The van der Waals surface area contributed by atoms with E-state index in [4.69, 9.17) is 21.2 Å². The summed E-state index contributed by atoms with van der Waals surface area (Å²) in [5, 5.41) is 14.8. The highest BCUT2D eigenvalue weighted by Crippen LogP contribution is 1.86. The van der Waals surface area contributed by atoms with Crippen LogP contribution in [-0.4, -0.2) is 5.09 Å². The number of pyridine rings is 1. The van der Waals surface area contributed by atoms with Crippen LogP contribution in [0.15, 0.2) is 24.5 Å². The summed E-state index contributed by atoms with van der Waals surface area (Å²) in [4.78, 5) is 8.25. The summed E-state index contributed by atoms with van der Waals surface area (Å²) in [5.74, 6) is 5.38. The lowest BCUT2D eigenvalue weighted by Gasteiger charge is -1.84. The molecule has 0 unspecified atom stereocenters. The molecule has 0 amide bonds. The van der Waals surface area contributed by atoms with E-state index in [1.807, 2.05) is 25.3 Å². The van der Waals surface area contributed by atoms with Crippen molar-refractivity contribution in [2.75, 3.05) is 5.84 Å². The van der Waals surface area contributed by atoms with Crippen molar-refractivity contribution in [2.24, 2.45) is 0 Å². The highest BCUT2D eigenvalue weighted by molar-refractivity contribution is 5.01. The summed E-state index contributed by atoms with van der Waals surface area (Å²) in [7, 11) is 0. The number of nitrogens with zero attached hydrogens (tertiary/aromatic N) is 2. The molecular formula is C6H9N3O3. The molecule has 0 aliphatic heterocycles. The van der Waals surface area contributed by atoms with Crippen molar-refractivity contribution in [3.63, 3.8) is 0 Å². The monoisotopic (exact) mass is 171 g/mol. The molecule has 0 bridgehead atoms. The second-order valence-corrected chi connectivity index (χ2v) is 2.05. The van der Waals surface area contributed by atoms with E-state index in [2.05, 4.69) is 0 Å². The largest absolute Gasteiger partial charge is 0.356 e. The van der Waals surface area contributed by atoms with Gasteiger partial charge in [0.15, 0.2) is 6.20 Å². The molecule has 0 aliphatic carbocycles. The Morgan fingerprint density at radius 3 is 2.33 bits per heavy atom. The third-order valence-corrected chi connectivity index (χ3v) is 0.970. The Morgan fingerprint density at radius 2 is 2.08 bits per heavy atom. The summed E-state index contributed by atoms with van der Waals surface area (Å²) in [5.41, 5.74) is 1.18. The van der Waals surface area contributed by atoms with Crippen LogP contribution in [0.2, 0.25) is 0 Å². The maximum absolute atomic E-state index is 8.25. The molecule has 6 nitrogen and oxygen atoms in total. The van der Waals surface area contributed by atoms with Gasteiger partial charge in [-0.1, -0.05) is 4.68 Å². The lowest BCUT2D eigenvalue weighted by molar-refractivity contribution is -0.639. The van der Waals surface area contributed by atoms with E-state index in [9.17, 15) is 0 Å². The summed E-state index contributed by atoms with van der Waals surface area (Å²) >= 11 is 0. The Hall–Kier alpha value is -1.85. The van der Waals surface area contributed by atoms with E-state index in [-0.39, 0.29) is 0 Å². The van der Waals surface area contributed by atoms with Gasteiger partial charge in [0.25, 0.3) is 0 Å². The van der Waals surface area contributed by atoms with Crippen LogP contribution in [0.5, 0.6) is 0 Å². The van der Waals surface area contributed by atoms with Crippen molar-refractivity contribution in [2.45, 2.75) is 6.92 Å². The van der Waals surface area contributed by atoms with Crippen molar-refractivity contribution in [3.8, 4) is 0 Å². The zero-order valence-electron chi connectivity index (χ0n) is 6.51. The van der Waals surface area contributed by atoms with E-state index in [0.29, 0.717) is 0 Å². The van der Waals surface area contributed by atoms with E-state index < -0.39 is 5.09 Å². The Bertz CT molecular complexity index is 243. The lowest BCUT2D eigenvalue weighted by atomic mass is 10.3. The van der Waals surface area contributed by atoms with Gasteiger partial charge in [-0.2, -0.15) is 0 Å². The summed E-state index contributed by atoms with van der Waals surface area (Å²) < 4.78 is 1.54. The Balaban J connectivity index is 0.000000261. The molecule has 1 heterocycles. The fourth-order valence-corrected chi connectivity index (χ4v) is 0.615. The molecule has 1 aromatic rings. The van der Waals surface area contributed by atoms with Crippen LogP contribution >= 0.6 is 0 Å². The number of aromatic nitrogens is 1. The van der Waals surface area contributed by atoms with Crippen molar-refractivity contribution >= 4 is 0 Å². The van der Waals surface area contributed by atoms with Gasteiger partial charge >= 0.3 is 0 Å². The van der Waals surface area contributed by atoms with Gasteiger partial charge in [-0.3, -0.25) is 0 Å². The molecule has 0 saturated carbocycles. The molecule has 0 radical (unpaired) electrons. The smallest absolute Gasteiger partial charge is 0.202 e. The maximum Gasteiger partial charge on any atom is 0.202 e. The second-order valence-electron chi connectivity index (χ2n) is 2.05. The van der Waals surface area contributed by atoms with E-state index in [0.717, 1.165) is 0 Å². The van der Waals surface area contributed by atoms with Crippen LogP contribution in [0.3, 0.4) is 0 Å². The Kier molecular flexibility index (Phi) is 4.13. The number of rotatable bonds is 0. The van der Waals surface area contributed by atoms with Crippen LogP contribution in [0.1, 0.15) is 5.56 Å². The summed E-state index contributed by atoms with van der Waals surface area (Å²) in [6.07, 6.45) is 3.66. The average Bonchev–Trinajstić information content (AvgIpc) is 1.84. The van der Waals surface area contributed by atoms with E-state index >= 15 is 0 Å². The summed E-state index contributed by atoms with van der Waals surface area (Å²) in [6, 6.07) is 3.92. The van der Waals surface area contributed by atoms with Crippen molar-refractivity contribution in [1.82, 2.24) is 0 Å². The van der Waals surface area contributed by atoms with Crippen LogP contribution in [0.4, 0.5) is 0 Å². The zero-order chi connectivity index (χ0) is 9.56. The Morgan fingerprint density at radius 1 is 1.58 bits per heavy atom. The van der Waals surface area contributed by atoms with Crippen molar-refractivity contribution < 1.29 is 9.76 Å². The van der Waals surface area contributed by atoms with Crippen molar-refractivity contribution in [3.05, 3.63) is 45.4 Å². The third-order valence-electron chi connectivity index (χ3n) is 0.970. The first-order chi connectivity index (χ1) is 5.52. The average molecular weight is 171 g/mol. The predicted octanol–water partition coefficient (Wildman–Crippen LogP) is -0.243. The maximum atomic E-state index is 8.25. The van der Waals surface area contributed by atoms with Gasteiger partial charge in [-0.25, -0.2) is 5.84 Å². The Labute approximate surface area is 68.9 Å². The zero-order valence-corrected chi connectivity index (χ0v) is 6.51. The first-order valence-electron chi connectivity index (χ1n) is 3.07. The molecule has 0 aromatic carbocycles. The van der Waals surface area contributed by atoms with Gasteiger partial charge in [-0.05, 0) is 13.0 Å². The second kappa shape index (κ2) is 4.89. The van der Waals surface area contributed by atoms with Gasteiger partial charge < -0.3 is 15.3 Å². The molecule has 12 heavy (non-hydrogen) atoms. The predicted molar refractivity (Wildman–Crippen MR) is 41.9 cm³/mol. The highest BCUT2D eigenvalue weighted by Gasteiger charge is 1.88. The van der Waals surface area contributed by atoms with Gasteiger partial charge in [-0.15, -0.1) is 0 Å². The standard InChI is InChI=1S/C6H9N2.NO3/c1-6-3-2-4-8(7)5-6;2-1(3)4/h2-5H,7H2,1H3;/q+1;-1. The molecule has 6 heteroatoms. The first-order valence-corrected chi connectivity index (χ1v) is 3.07. The molecular weight excluding hydrogens is 162 g/mol. The van der Waals surface area contributed by atoms with Gasteiger partial charge in [0.1, 0.15) is 0 Å². The van der Waals surface area contributed by atoms with Crippen LogP contribution < -0.4 is 10.5 Å². The molecule has 0 fully saturated rings. The normalized spacial score (nSPS) is 8.08. The number of aryl methyl sites for hydroxylation is 1. The molecule has 0 spiro atoms. The van der Waals surface area contributed by atoms with E-state index in [1.165, 1.54) is 10.2 Å². The number of nitrogens with two attached hydrogens (primary N) is 1. The molecule has 66 valence electrons. The van der Waals surface area contributed by atoms with Crippen LogP contribution in [0, 0.1) is 22.2 Å². The van der Waals surface area contributed by atoms with Crippen LogP contribution in [-0.2, 0) is 0 Å². The number of hydrogen-bond acceptors (Lipinski definition) is 4. The van der Waals surface area contributed by atoms with Crippen molar-refractivity contribution in [1.29, 1.82) is 0 Å². The third kappa shape index (κ3) is 6.27. The van der Waals surface area contributed by atoms with E-state index in [1.54, 1.807) is 6.20 Å². The summed E-state index contributed by atoms with van der Waals surface area (Å²) in [6.45, 7) is 2.00. The molecule has 0 saturated heterocycles. The SMILES string of the molecule is Cc1ccc[n+](N)c1.O=[N+]([O-])[O-]. The fraction of sp³-hybridized carbons (Fsp3) is 0.167. The first kappa shape index (κ1) is 10.2. The topological polar surface area (TPSA) is 96.1 Å². The van der Waals surface area contributed by atoms with Gasteiger partial charge in [0.05, 0.1) is 5.09 Å². The molecule has 2 N–H and O–H groups in total. The molecule has 1 rings (SSSR count). The van der Waals surface area contributed by atoms with Gasteiger partial charge in [0.2, 0.25) is 6.20 Å².